The van der Waals surface area contributed by atoms with E-state index in [-0.39, 0.29) is 29.9 Å². The second-order valence-corrected chi connectivity index (χ2v) is 9.77. The molecule has 4 fully saturated rings. The molecular weight excluding hydrogens is 350 g/mol. The summed E-state index contributed by atoms with van der Waals surface area (Å²) in [5.41, 5.74) is 3.17. The van der Waals surface area contributed by atoms with E-state index >= 15 is 0 Å². The maximum atomic E-state index is 12.6. The van der Waals surface area contributed by atoms with Gasteiger partial charge in [0.05, 0.1) is 12.1 Å². The summed E-state index contributed by atoms with van der Waals surface area (Å²) in [6.07, 6.45) is 8.03. The molecule has 152 valence electrons. The number of amides is 2. The Morgan fingerprint density at radius 1 is 1.07 bits per heavy atom. The van der Waals surface area contributed by atoms with E-state index in [1.165, 1.54) is 38.5 Å². The average molecular weight is 385 g/mol. The quantitative estimate of drug-likeness (QED) is 0.704. The number of para-hydroxylation sites is 1. The predicted molar refractivity (Wildman–Crippen MR) is 110 cm³/mol. The molecule has 2 amide bonds. The van der Waals surface area contributed by atoms with Crippen LogP contribution < -0.4 is 16.0 Å². The van der Waals surface area contributed by atoms with Gasteiger partial charge in [0.2, 0.25) is 5.91 Å². The third kappa shape index (κ3) is 3.95. The van der Waals surface area contributed by atoms with Gasteiger partial charge < -0.3 is 16.0 Å². The fraction of sp³-hybridized carbons (Fsp3) is 0.652. The summed E-state index contributed by atoms with van der Waals surface area (Å²) >= 11 is 0. The van der Waals surface area contributed by atoms with Crippen LogP contribution in [0.15, 0.2) is 18.2 Å². The number of benzene rings is 1. The molecule has 0 radical (unpaired) electrons. The number of rotatable bonds is 6. The minimum Gasteiger partial charge on any atom is -0.342 e. The fourth-order valence-corrected chi connectivity index (χ4v) is 6.51. The molecule has 4 saturated carbocycles. The molecule has 5 heteroatoms. The Balaban J connectivity index is 1.28. The number of nitrogens with two attached hydrogens (primary N) is 1. The van der Waals surface area contributed by atoms with E-state index in [1.807, 2.05) is 39.0 Å². The first-order valence-electron chi connectivity index (χ1n) is 10.8. The van der Waals surface area contributed by atoms with E-state index in [4.69, 9.17) is 0 Å². The highest BCUT2D eigenvalue weighted by atomic mass is 16.2. The van der Waals surface area contributed by atoms with Crippen LogP contribution in [0.3, 0.4) is 0 Å². The molecule has 1 aromatic rings. The summed E-state index contributed by atoms with van der Waals surface area (Å²) in [6, 6.07) is 5.78. The van der Waals surface area contributed by atoms with Gasteiger partial charge in [-0.1, -0.05) is 18.2 Å². The van der Waals surface area contributed by atoms with Crippen molar-refractivity contribution in [3.63, 3.8) is 0 Å². The number of hydrogen-bond acceptors (Lipinski definition) is 2. The summed E-state index contributed by atoms with van der Waals surface area (Å²) in [5.74, 6) is 2.42. The van der Waals surface area contributed by atoms with E-state index in [0.29, 0.717) is 0 Å². The highest BCUT2D eigenvalue weighted by molar-refractivity contribution is 5.96. The van der Waals surface area contributed by atoms with Crippen LogP contribution in [0.4, 0.5) is 5.69 Å². The average Bonchev–Trinajstić information content (AvgIpc) is 2.61. The normalized spacial score (nSPS) is 31.5. The van der Waals surface area contributed by atoms with Gasteiger partial charge in [0.1, 0.15) is 0 Å². The number of anilines is 1. The van der Waals surface area contributed by atoms with E-state index in [1.54, 1.807) is 0 Å². The van der Waals surface area contributed by atoms with Gasteiger partial charge in [-0.05, 0) is 68.9 Å². The summed E-state index contributed by atoms with van der Waals surface area (Å²) in [4.78, 5) is 25.0. The zero-order valence-electron chi connectivity index (χ0n) is 17.4. The van der Waals surface area contributed by atoms with E-state index in [0.717, 1.165) is 34.6 Å². The number of carbonyl (C=O) groups is 2. The lowest BCUT2D eigenvalue weighted by molar-refractivity contribution is -0.754. The number of nitrogens with one attached hydrogen (secondary N) is 2. The van der Waals surface area contributed by atoms with Gasteiger partial charge in [0.15, 0.2) is 6.04 Å². The highest BCUT2D eigenvalue weighted by Gasteiger charge is 2.54. The number of aryl methyl sites for hydroxylation is 2. The minimum absolute atomic E-state index is 0.0195. The van der Waals surface area contributed by atoms with E-state index in [2.05, 4.69) is 16.0 Å². The minimum atomic E-state index is -0.173. The summed E-state index contributed by atoms with van der Waals surface area (Å²) in [7, 11) is 0. The Morgan fingerprint density at radius 2 is 1.61 bits per heavy atom. The van der Waals surface area contributed by atoms with Gasteiger partial charge in [0.25, 0.3) is 5.91 Å². The van der Waals surface area contributed by atoms with Crippen molar-refractivity contribution in [1.82, 2.24) is 5.32 Å². The van der Waals surface area contributed by atoms with Gasteiger partial charge in [-0.3, -0.25) is 9.59 Å². The summed E-state index contributed by atoms with van der Waals surface area (Å²) in [6.45, 7) is 5.95. The zero-order valence-corrected chi connectivity index (χ0v) is 17.4. The first kappa shape index (κ1) is 19.4. The molecule has 1 aromatic carbocycles. The molecule has 0 unspecified atom stereocenters. The van der Waals surface area contributed by atoms with Crippen molar-refractivity contribution >= 4 is 17.5 Å². The van der Waals surface area contributed by atoms with Crippen LogP contribution in [0.5, 0.6) is 0 Å². The van der Waals surface area contributed by atoms with Crippen LogP contribution in [-0.4, -0.2) is 29.9 Å². The molecule has 1 atom stereocenters. The van der Waals surface area contributed by atoms with Crippen LogP contribution in [-0.2, 0) is 9.59 Å². The molecule has 0 aliphatic heterocycles. The molecule has 4 aliphatic rings. The molecule has 5 rings (SSSR count). The van der Waals surface area contributed by atoms with Gasteiger partial charge in [-0.2, -0.15) is 0 Å². The second kappa shape index (κ2) is 7.51. The van der Waals surface area contributed by atoms with Crippen molar-refractivity contribution in [3.8, 4) is 0 Å². The van der Waals surface area contributed by atoms with Gasteiger partial charge in [-0.25, -0.2) is 0 Å². The van der Waals surface area contributed by atoms with Crippen LogP contribution in [0.1, 0.15) is 56.6 Å². The van der Waals surface area contributed by atoms with Crippen molar-refractivity contribution < 1.29 is 14.9 Å². The molecule has 0 spiro atoms. The lowest BCUT2D eigenvalue weighted by Crippen LogP contribution is -3.03. The molecule has 0 aromatic heterocycles. The fourth-order valence-electron chi connectivity index (χ4n) is 6.51. The summed E-state index contributed by atoms with van der Waals surface area (Å²) in [5, 5.41) is 8.11. The van der Waals surface area contributed by atoms with Crippen molar-refractivity contribution in [2.75, 3.05) is 11.9 Å². The SMILES string of the molecule is Cc1cccc(C)c1NC(=O)CNC(=O)[C@@H](C)[NH2+]C12CC3CC(CC(C3)C1)C2. The first-order chi connectivity index (χ1) is 13.3. The van der Waals surface area contributed by atoms with Crippen LogP contribution in [0.25, 0.3) is 0 Å². The van der Waals surface area contributed by atoms with Gasteiger partial charge in [-0.15, -0.1) is 0 Å². The number of carbonyl (C=O) groups excluding carboxylic acids is 2. The van der Waals surface area contributed by atoms with E-state index in [9.17, 15) is 9.59 Å². The lowest BCUT2D eigenvalue weighted by Gasteiger charge is -2.55. The topological polar surface area (TPSA) is 74.8 Å². The number of hydrogen-bond donors (Lipinski definition) is 3. The molecule has 4 N–H and O–H groups in total. The molecule has 4 bridgehead atoms. The Kier molecular flexibility index (Phi) is 5.21. The largest absolute Gasteiger partial charge is 0.342 e. The second-order valence-electron chi connectivity index (χ2n) is 9.77. The molecule has 0 saturated heterocycles. The maximum absolute atomic E-state index is 12.6. The molecule has 5 nitrogen and oxygen atoms in total. The Hall–Kier alpha value is -1.88. The lowest BCUT2D eigenvalue weighted by atomic mass is 9.53. The molecular formula is C23H34N3O2+. The van der Waals surface area contributed by atoms with Crippen LogP contribution >= 0.6 is 0 Å². The van der Waals surface area contributed by atoms with Gasteiger partial charge >= 0.3 is 0 Å². The number of quaternary nitrogens is 1. The Bertz CT molecular complexity index is 718. The highest BCUT2D eigenvalue weighted by Crippen LogP contribution is 2.54. The monoisotopic (exact) mass is 384 g/mol. The maximum Gasteiger partial charge on any atom is 0.278 e. The predicted octanol–water partition coefficient (Wildman–Crippen LogP) is 2.28. The standard InChI is InChI=1S/C23H33N3O2/c1-14-5-4-6-15(2)21(14)25-20(27)13-24-22(28)16(3)26-23-10-17-7-18(11-23)9-19(8-17)12-23/h4-6,16-19,26H,7-13H2,1-3H3,(H,24,28)(H,25,27)/p+1/t16-,17?,18?,19?,23?/m1/s1. The first-order valence-corrected chi connectivity index (χ1v) is 10.8. The van der Waals surface area contributed by atoms with Crippen molar-refractivity contribution in [2.24, 2.45) is 17.8 Å². The zero-order chi connectivity index (χ0) is 19.9. The molecule has 28 heavy (non-hydrogen) atoms. The Morgan fingerprint density at radius 3 is 2.14 bits per heavy atom. The smallest absolute Gasteiger partial charge is 0.278 e. The third-order valence-corrected chi connectivity index (χ3v) is 7.27. The van der Waals surface area contributed by atoms with Gasteiger partial charge in [0, 0.05) is 24.9 Å². The molecule has 4 aliphatic carbocycles. The van der Waals surface area contributed by atoms with Crippen molar-refractivity contribution in [3.05, 3.63) is 29.3 Å². The van der Waals surface area contributed by atoms with Crippen molar-refractivity contribution in [2.45, 2.75) is 70.9 Å². The Labute approximate surface area is 168 Å². The molecule has 0 heterocycles. The van der Waals surface area contributed by atoms with E-state index < -0.39 is 0 Å². The summed E-state index contributed by atoms with van der Waals surface area (Å²) < 4.78 is 0. The van der Waals surface area contributed by atoms with Crippen LogP contribution in [0.2, 0.25) is 0 Å². The third-order valence-electron chi connectivity index (χ3n) is 7.27. The van der Waals surface area contributed by atoms with Crippen molar-refractivity contribution in [1.29, 1.82) is 0 Å². The van der Waals surface area contributed by atoms with Crippen LogP contribution in [0, 0.1) is 31.6 Å².